The molecule has 0 radical (unpaired) electrons. The number of halogens is 4. The normalized spacial score (nSPS) is 10.5. The Morgan fingerprint density at radius 2 is 1.33 bits per heavy atom. The fourth-order valence-corrected chi connectivity index (χ4v) is 1.59. The first-order valence-corrected chi connectivity index (χ1v) is 5.47. The van der Waals surface area contributed by atoms with Crippen molar-refractivity contribution in [2.24, 2.45) is 0 Å². The van der Waals surface area contributed by atoms with Crippen LogP contribution in [0.1, 0.15) is 10.4 Å². The number of phenols is 2. The Labute approximate surface area is 115 Å². The Balaban J connectivity index is 2.40. The number of carbonyl (C=O) groups excluding carboxylic acids is 1. The number of hydrogen-bond acceptors (Lipinski definition) is 3. The Kier molecular flexibility index (Phi) is 3.70. The van der Waals surface area contributed by atoms with Gasteiger partial charge in [0.1, 0.15) is 17.2 Å². The Morgan fingerprint density at radius 1 is 0.857 bits per heavy atom. The van der Waals surface area contributed by atoms with Gasteiger partial charge in [-0.15, -0.1) is 0 Å². The third kappa shape index (κ3) is 2.88. The van der Waals surface area contributed by atoms with E-state index in [-0.39, 0.29) is 11.6 Å². The summed E-state index contributed by atoms with van der Waals surface area (Å²) in [7, 11) is 0. The number of anilines is 1. The fourth-order valence-electron chi connectivity index (χ4n) is 1.59. The lowest BCUT2D eigenvalue weighted by Crippen LogP contribution is -2.15. The molecule has 0 saturated carbocycles. The summed E-state index contributed by atoms with van der Waals surface area (Å²) in [5.41, 5.74) is -1.67. The molecule has 110 valence electrons. The predicted molar refractivity (Wildman–Crippen MR) is 64.0 cm³/mol. The molecule has 0 unspecified atom stereocenters. The maximum Gasteiger partial charge on any atom is 0.256 e. The van der Waals surface area contributed by atoms with Crippen molar-refractivity contribution in [3.8, 4) is 11.5 Å². The zero-order valence-electron chi connectivity index (χ0n) is 10.1. The van der Waals surface area contributed by atoms with Crippen molar-refractivity contribution in [3.63, 3.8) is 0 Å². The molecule has 0 spiro atoms. The Morgan fingerprint density at radius 3 is 1.81 bits per heavy atom. The lowest BCUT2D eigenvalue weighted by atomic mass is 10.1. The lowest BCUT2D eigenvalue weighted by Gasteiger charge is -2.09. The average Bonchev–Trinajstić information content (AvgIpc) is 2.40. The van der Waals surface area contributed by atoms with Gasteiger partial charge in [-0.1, -0.05) is 0 Å². The molecule has 3 N–H and O–H groups in total. The minimum absolute atomic E-state index is 0.000492. The SMILES string of the molecule is O=C(Nc1c(F)c(F)cc(F)c1F)c1cc(O)cc(O)c1. The molecule has 0 atom stereocenters. The summed E-state index contributed by atoms with van der Waals surface area (Å²) in [6.45, 7) is 0. The molecule has 2 aromatic carbocycles. The zero-order valence-corrected chi connectivity index (χ0v) is 10.1. The van der Waals surface area contributed by atoms with E-state index in [1.807, 2.05) is 0 Å². The smallest absolute Gasteiger partial charge is 0.256 e. The minimum Gasteiger partial charge on any atom is -0.508 e. The van der Waals surface area contributed by atoms with Crippen molar-refractivity contribution in [1.29, 1.82) is 0 Å². The van der Waals surface area contributed by atoms with Gasteiger partial charge in [-0.2, -0.15) is 0 Å². The number of hydrogen-bond donors (Lipinski definition) is 3. The van der Waals surface area contributed by atoms with E-state index in [0.717, 1.165) is 18.2 Å². The van der Waals surface area contributed by atoms with Crippen LogP contribution in [0, 0.1) is 23.3 Å². The Bertz CT molecular complexity index is 687. The topological polar surface area (TPSA) is 69.6 Å². The number of amides is 1. The molecule has 0 bridgehead atoms. The van der Waals surface area contributed by atoms with Gasteiger partial charge in [0.2, 0.25) is 0 Å². The van der Waals surface area contributed by atoms with E-state index in [2.05, 4.69) is 0 Å². The van der Waals surface area contributed by atoms with E-state index in [1.54, 1.807) is 5.32 Å². The summed E-state index contributed by atoms with van der Waals surface area (Å²) in [5, 5.41) is 20.0. The summed E-state index contributed by atoms with van der Waals surface area (Å²) >= 11 is 0. The number of carbonyl (C=O) groups is 1. The zero-order chi connectivity index (χ0) is 15.7. The molecule has 4 nitrogen and oxygen atoms in total. The second kappa shape index (κ2) is 5.31. The van der Waals surface area contributed by atoms with E-state index < -0.39 is 46.4 Å². The summed E-state index contributed by atoms with van der Waals surface area (Å²) in [6, 6.07) is 2.70. The van der Waals surface area contributed by atoms with E-state index in [0.29, 0.717) is 0 Å². The molecule has 21 heavy (non-hydrogen) atoms. The summed E-state index contributed by atoms with van der Waals surface area (Å²) in [5.74, 6) is -9.04. The molecule has 1 amide bonds. The largest absolute Gasteiger partial charge is 0.508 e. The van der Waals surface area contributed by atoms with Gasteiger partial charge in [-0.3, -0.25) is 4.79 Å². The molecule has 0 heterocycles. The highest BCUT2D eigenvalue weighted by molar-refractivity contribution is 6.04. The molecular formula is C13H7F4NO3. The van der Waals surface area contributed by atoms with Gasteiger partial charge in [0.05, 0.1) is 0 Å². The van der Waals surface area contributed by atoms with Crippen LogP contribution in [0.2, 0.25) is 0 Å². The predicted octanol–water partition coefficient (Wildman–Crippen LogP) is 2.91. The van der Waals surface area contributed by atoms with Crippen LogP contribution in [0.15, 0.2) is 24.3 Å². The Hall–Kier alpha value is -2.77. The third-order valence-electron chi connectivity index (χ3n) is 2.52. The van der Waals surface area contributed by atoms with Gasteiger partial charge in [0.15, 0.2) is 23.3 Å². The first-order chi connectivity index (χ1) is 9.79. The molecule has 0 aliphatic carbocycles. The quantitative estimate of drug-likeness (QED) is 0.590. The van der Waals surface area contributed by atoms with Crippen LogP contribution < -0.4 is 5.32 Å². The number of rotatable bonds is 2. The van der Waals surface area contributed by atoms with E-state index in [4.69, 9.17) is 0 Å². The van der Waals surface area contributed by atoms with Crippen LogP contribution in [-0.4, -0.2) is 16.1 Å². The van der Waals surface area contributed by atoms with Crippen molar-refractivity contribution in [2.75, 3.05) is 5.32 Å². The molecule has 0 fully saturated rings. The lowest BCUT2D eigenvalue weighted by molar-refractivity contribution is 0.102. The van der Waals surface area contributed by atoms with Crippen LogP contribution in [-0.2, 0) is 0 Å². The minimum atomic E-state index is -1.77. The van der Waals surface area contributed by atoms with E-state index >= 15 is 0 Å². The monoisotopic (exact) mass is 301 g/mol. The second-order valence-electron chi connectivity index (χ2n) is 4.04. The molecule has 0 aromatic heterocycles. The van der Waals surface area contributed by atoms with Crippen molar-refractivity contribution in [2.45, 2.75) is 0 Å². The van der Waals surface area contributed by atoms with Crippen molar-refractivity contribution in [3.05, 3.63) is 53.1 Å². The third-order valence-corrected chi connectivity index (χ3v) is 2.52. The molecule has 0 aliphatic heterocycles. The first-order valence-electron chi connectivity index (χ1n) is 5.47. The number of aromatic hydroxyl groups is 2. The van der Waals surface area contributed by atoms with Crippen LogP contribution >= 0.6 is 0 Å². The van der Waals surface area contributed by atoms with Gasteiger partial charge in [0.25, 0.3) is 5.91 Å². The van der Waals surface area contributed by atoms with Crippen LogP contribution in [0.3, 0.4) is 0 Å². The number of nitrogens with one attached hydrogen (secondary N) is 1. The summed E-state index contributed by atoms with van der Waals surface area (Å²) in [4.78, 5) is 11.7. The van der Waals surface area contributed by atoms with E-state index in [9.17, 15) is 32.6 Å². The molecule has 0 saturated heterocycles. The van der Waals surface area contributed by atoms with Crippen LogP contribution in [0.5, 0.6) is 11.5 Å². The summed E-state index contributed by atoms with van der Waals surface area (Å²) < 4.78 is 52.7. The van der Waals surface area contributed by atoms with Gasteiger partial charge >= 0.3 is 0 Å². The van der Waals surface area contributed by atoms with E-state index in [1.165, 1.54) is 0 Å². The number of phenolic OH excluding ortho intramolecular Hbond substituents is 2. The summed E-state index contributed by atoms with van der Waals surface area (Å²) in [6.07, 6.45) is 0. The molecule has 2 rings (SSSR count). The molecule has 8 heteroatoms. The van der Waals surface area contributed by atoms with Crippen molar-refractivity contribution in [1.82, 2.24) is 0 Å². The molecular weight excluding hydrogens is 294 g/mol. The van der Waals surface area contributed by atoms with Crippen molar-refractivity contribution < 1.29 is 32.6 Å². The molecule has 2 aromatic rings. The molecule has 0 aliphatic rings. The maximum absolute atomic E-state index is 13.4. The standard InChI is InChI=1S/C13H7F4NO3/c14-8-4-9(15)11(17)12(10(8)16)18-13(21)5-1-6(19)3-7(20)2-5/h1-4,19-20H,(H,18,21). The second-order valence-corrected chi connectivity index (χ2v) is 4.04. The van der Waals surface area contributed by atoms with Gasteiger partial charge in [0, 0.05) is 17.7 Å². The van der Waals surface area contributed by atoms with Gasteiger partial charge in [-0.25, -0.2) is 17.6 Å². The maximum atomic E-state index is 13.4. The number of benzene rings is 2. The van der Waals surface area contributed by atoms with Crippen LogP contribution in [0.25, 0.3) is 0 Å². The average molecular weight is 301 g/mol. The first kappa shape index (κ1) is 14.6. The van der Waals surface area contributed by atoms with Crippen molar-refractivity contribution >= 4 is 11.6 Å². The fraction of sp³-hybridized carbons (Fsp3) is 0. The van der Waals surface area contributed by atoms with Gasteiger partial charge < -0.3 is 15.5 Å². The highest BCUT2D eigenvalue weighted by Crippen LogP contribution is 2.26. The highest BCUT2D eigenvalue weighted by Gasteiger charge is 2.21. The highest BCUT2D eigenvalue weighted by atomic mass is 19.2. The van der Waals surface area contributed by atoms with Gasteiger partial charge in [-0.05, 0) is 12.1 Å². The van der Waals surface area contributed by atoms with Crippen LogP contribution in [0.4, 0.5) is 23.2 Å².